The third-order valence-electron chi connectivity index (χ3n) is 13.6. The molecule has 0 aliphatic rings. The Bertz CT molecular complexity index is 3300. The van der Waals surface area contributed by atoms with Crippen molar-refractivity contribution in [3.8, 4) is 0 Å². The molecule has 424 valence electrons. The van der Waals surface area contributed by atoms with Crippen LogP contribution in [-0.4, -0.2) is 14.6 Å². The van der Waals surface area contributed by atoms with Gasteiger partial charge in [-0.15, -0.1) is 0 Å². The first-order valence-corrected chi connectivity index (χ1v) is 35.0. The van der Waals surface area contributed by atoms with Gasteiger partial charge in [0, 0.05) is 12.4 Å². The molecule has 2 heterocycles. The summed E-state index contributed by atoms with van der Waals surface area (Å²) in [5.74, 6) is 0. The highest BCUT2D eigenvalue weighted by Gasteiger charge is 2.19. The van der Waals surface area contributed by atoms with Gasteiger partial charge in [0.1, 0.15) is 0 Å². The zero-order valence-electron chi connectivity index (χ0n) is 48.4. The third-order valence-corrected chi connectivity index (χ3v) is 23.9. The van der Waals surface area contributed by atoms with Crippen LogP contribution >= 0.6 is 47.6 Å². The van der Waals surface area contributed by atoms with Gasteiger partial charge in [0.2, 0.25) is 0 Å². The van der Waals surface area contributed by atoms with Gasteiger partial charge >= 0.3 is 0 Å². The lowest BCUT2D eigenvalue weighted by atomic mass is 10.4. The molecule has 2 aromatic heterocycles. The minimum absolute atomic E-state index is 0.446. The highest BCUT2D eigenvalue weighted by Crippen LogP contribution is 2.35. The van der Waals surface area contributed by atoms with Crippen LogP contribution in [0.5, 0.6) is 0 Å². The number of nitrogens with zero attached hydrogens (tertiary/aromatic N) is 3. The van der Waals surface area contributed by atoms with Gasteiger partial charge < -0.3 is 0 Å². The van der Waals surface area contributed by atoms with Crippen LogP contribution in [0.25, 0.3) is 5.65 Å². The van der Waals surface area contributed by atoms with Crippen molar-refractivity contribution in [1.82, 2.24) is 14.6 Å². The van der Waals surface area contributed by atoms with Crippen LogP contribution in [-0.2, 0) is 0 Å². The van der Waals surface area contributed by atoms with E-state index in [9.17, 15) is 0 Å². The van der Waals surface area contributed by atoms with E-state index in [1.807, 2.05) is 19.3 Å². The molecule has 87 heavy (non-hydrogen) atoms. The maximum Gasteiger partial charge on any atom is 0.169 e. The van der Waals surface area contributed by atoms with Gasteiger partial charge in [0.25, 0.3) is 0 Å². The molecule has 14 aromatic rings. The average Bonchev–Trinajstić information content (AvgIpc) is 3.84. The molecule has 0 aliphatic heterocycles. The summed E-state index contributed by atoms with van der Waals surface area (Å²) >= 11 is 3.35. The van der Waals surface area contributed by atoms with E-state index in [0.717, 1.165) is 15.7 Å². The summed E-state index contributed by atoms with van der Waals surface area (Å²) in [4.78, 5) is 4.19. The number of rotatable bonds is 12. The highest BCUT2D eigenvalue weighted by molar-refractivity contribution is 9.10. The largest absolute Gasteiger partial charge is 0.236 e. The van der Waals surface area contributed by atoms with Crippen molar-refractivity contribution in [3.63, 3.8) is 0 Å². The van der Waals surface area contributed by atoms with Crippen LogP contribution < -0.4 is 63.7 Å². The summed E-state index contributed by atoms with van der Waals surface area (Å²) in [6.45, 7) is 1.99. The van der Waals surface area contributed by atoms with Gasteiger partial charge in [-0.1, -0.05) is 364 Å². The van der Waals surface area contributed by atoms with Gasteiger partial charge in [-0.25, -0.2) is 9.50 Å². The van der Waals surface area contributed by atoms with Crippen LogP contribution in [0.4, 0.5) is 0 Å². The lowest BCUT2D eigenvalue weighted by Crippen LogP contribution is -2.20. The van der Waals surface area contributed by atoms with Gasteiger partial charge in [-0.3, -0.25) is 0 Å². The maximum absolute atomic E-state index is 4.19. The molecular formula is C79H66BrN3P4. The molecule has 8 heteroatoms. The number of fused-ring (bicyclic) bond motifs is 1. The van der Waals surface area contributed by atoms with E-state index in [-0.39, 0.29) is 0 Å². The Labute approximate surface area is 527 Å². The molecule has 0 fully saturated rings. The molecule has 0 bridgehead atoms. The standard InChI is InChI=1S/4C18H15P.C7H6BrN3/c4*1-4-10-16(11-5-1)19(17-12-6-2-7-13-17)18-14-8-3-9-15-18;1-5-2-9-7-6(8)3-10-11(7)4-5/h4*1-15H;2-4H,1H3. The van der Waals surface area contributed by atoms with Crippen LogP contribution in [0.3, 0.4) is 0 Å². The first-order valence-electron chi connectivity index (χ1n) is 28.8. The Morgan fingerprint density at radius 2 is 0.402 bits per heavy atom. The summed E-state index contributed by atoms with van der Waals surface area (Å²) in [5, 5.41) is 20.9. The van der Waals surface area contributed by atoms with E-state index < -0.39 is 31.7 Å². The van der Waals surface area contributed by atoms with Gasteiger partial charge in [0.05, 0.1) is 10.7 Å². The zero-order chi connectivity index (χ0) is 59.5. The Hall–Kier alpha value is -8.54. The van der Waals surface area contributed by atoms with Crippen LogP contribution in [0.15, 0.2) is 387 Å². The van der Waals surface area contributed by atoms with Crippen molar-refractivity contribution >= 4 is 117 Å². The summed E-state index contributed by atoms with van der Waals surface area (Å²) in [5.41, 5.74) is 1.96. The Morgan fingerprint density at radius 3 is 0.563 bits per heavy atom. The SMILES string of the molecule is Cc1cnc2c(Br)cnn2c1.c1ccc(P(c2ccccc2)c2ccccc2)cc1.c1ccc(P(c2ccccc2)c2ccccc2)cc1.c1ccc(P(c2ccccc2)c2ccccc2)cc1.c1ccc(P(c2ccccc2)c2ccccc2)cc1. The first-order chi connectivity index (χ1) is 43.1. The minimum atomic E-state index is -0.446. The number of benzene rings is 12. The number of aryl methyl sites for hydroxylation is 1. The van der Waals surface area contributed by atoms with Crippen molar-refractivity contribution in [2.45, 2.75) is 6.92 Å². The zero-order valence-corrected chi connectivity index (χ0v) is 53.5. The molecule has 0 aliphatic carbocycles. The fraction of sp³-hybridized carbons (Fsp3) is 0.0127. The quantitative estimate of drug-likeness (QED) is 0.114. The normalized spacial score (nSPS) is 10.6. The predicted molar refractivity (Wildman–Crippen MR) is 386 cm³/mol. The van der Waals surface area contributed by atoms with Crippen molar-refractivity contribution in [2.75, 3.05) is 0 Å². The maximum atomic E-state index is 4.19. The Morgan fingerprint density at radius 1 is 0.241 bits per heavy atom. The molecule has 0 radical (unpaired) electrons. The second-order valence-corrected chi connectivity index (χ2v) is 29.5. The Kier molecular flexibility index (Phi) is 23.6. The molecule has 12 aromatic carbocycles. The van der Waals surface area contributed by atoms with E-state index in [1.165, 1.54) is 63.7 Å². The minimum Gasteiger partial charge on any atom is -0.236 e. The van der Waals surface area contributed by atoms with Crippen LogP contribution in [0, 0.1) is 6.92 Å². The van der Waals surface area contributed by atoms with Gasteiger partial charge in [0.15, 0.2) is 5.65 Å². The molecule has 3 nitrogen and oxygen atoms in total. The lowest BCUT2D eigenvalue weighted by molar-refractivity contribution is 0.928. The molecule has 0 unspecified atom stereocenters. The highest BCUT2D eigenvalue weighted by atomic mass is 79.9. The van der Waals surface area contributed by atoms with E-state index in [2.05, 4.69) is 390 Å². The van der Waals surface area contributed by atoms with E-state index in [4.69, 9.17) is 0 Å². The molecule has 0 atom stereocenters. The Balaban J connectivity index is 0.000000122. The molecule has 0 spiro atoms. The average molecular weight is 1260 g/mol. The van der Waals surface area contributed by atoms with Crippen LogP contribution in [0.1, 0.15) is 5.56 Å². The third kappa shape index (κ3) is 17.8. The second kappa shape index (κ2) is 33.4. The fourth-order valence-electron chi connectivity index (χ4n) is 9.65. The second-order valence-electron chi connectivity index (χ2n) is 19.8. The molecule has 0 saturated carbocycles. The van der Waals surface area contributed by atoms with E-state index in [0.29, 0.717) is 0 Å². The first kappa shape index (κ1) is 61.5. The van der Waals surface area contributed by atoms with Crippen molar-refractivity contribution in [3.05, 3.63) is 393 Å². The number of hydrogen-bond acceptors (Lipinski definition) is 2. The summed E-state index contributed by atoms with van der Waals surface area (Å²) in [6.07, 6.45) is 5.50. The van der Waals surface area contributed by atoms with Gasteiger partial charge in [-0.2, -0.15) is 5.10 Å². The lowest BCUT2D eigenvalue weighted by Gasteiger charge is -2.18. The van der Waals surface area contributed by atoms with Crippen molar-refractivity contribution < 1.29 is 0 Å². The van der Waals surface area contributed by atoms with Crippen molar-refractivity contribution in [1.29, 1.82) is 0 Å². The van der Waals surface area contributed by atoms with E-state index in [1.54, 1.807) is 10.7 Å². The summed E-state index contributed by atoms with van der Waals surface area (Å²) < 4.78 is 2.68. The fourth-order valence-corrected chi connectivity index (χ4v) is 19.2. The monoisotopic (exact) mass is 1260 g/mol. The number of aromatic nitrogens is 3. The summed E-state index contributed by atoms with van der Waals surface area (Å²) in [6, 6.07) is 129. The predicted octanol–water partition coefficient (Wildman–Crippen LogP) is 15.6. The van der Waals surface area contributed by atoms with Crippen LogP contribution in [0.2, 0.25) is 0 Å². The van der Waals surface area contributed by atoms with Gasteiger partial charge in [-0.05, 0) is 124 Å². The topological polar surface area (TPSA) is 30.2 Å². The molecule has 0 N–H and O–H groups in total. The van der Waals surface area contributed by atoms with E-state index >= 15 is 0 Å². The summed E-state index contributed by atoms with van der Waals surface area (Å²) in [7, 11) is -1.78. The molecular weight excluding hydrogens is 1190 g/mol. The van der Waals surface area contributed by atoms with Crippen molar-refractivity contribution in [2.24, 2.45) is 0 Å². The number of hydrogen-bond donors (Lipinski definition) is 0. The number of halogens is 1. The molecule has 0 saturated heterocycles. The smallest absolute Gasteiger partial charge is 0.169 e. The molecule has 0 amide bonds. The molecule has 14 rings (SSSR count).